The largest absolute Gasteiger partial charge is 0.354 e. The fourth-order valence-electron chi connectivity index (χ4n) is 4.64. The monoisotopic (exact) mass is 631 g/mol. The standard InChI is InChI=1S/C32H39Cl2N3O4S/c1-23(2)21-35-32(39)30(20-25-12-6-5-7-13-25)36(22-26-14-8-9-15-28(26)34)31(38)18-11-19-37(42(4,40)41)29-17-10-16-27(33)24(29)3/h5-10,12-17,23,30H,11,18-22H2,1-4H3,(H,35,39)/t30-/m1/s1. The predicted molar refractivity (Wildman–Crippen MR) is 171 cm³/mol. The second-order valence-corrected chi connectivity index (χ2v) is 13.5. The van der Waals surface area contributed by atoms with Gasteiger partial charge in [-0.25, -0.2) is 8.42 Å². The third kappa shape index (κ3) is 9.48. The molecule has 0 heterocycles. The highest BCUT2D eigenvalue weighted by atomic mass is 35.5. The van der Waals surface area contributed by atoms with E-state index in [0.717, 1.165) is 17.4 Å². The molecule has 0 saturated heterocycles. The topological polar surface area (TPSA) is 86.8 Å². The van der Waals surface area contributed by atoms with E-state index < -0.39 is 16.1 Å². The lowest BCUT2D eigenvalue weighted by Crippen LogP contribution is -2.51. The Morgan fingerprint density at radius 2 is 1.55 bits per heavy atom. The summed E-state index contributed by atoms with van der Waals surface area (Å²) in [6, 6.07) is 21.1. The maximum Gasteiger partial charge on any atom is 0.243 e. The molecule has 0 fully saturated rings. The van der Waals surface area contributed by atoms with Gasteiger partial charge in [-0.3, -0.25) is 13.9 Å². The van der Waals surface area contributed by atoms with Gasteiger partial charge in [-0.2, -0.15) is 0 Å². The molecule has 226 valence electrons. The molecular weight excluding hydrogens is 593 g/mol. The molecule has 0 aliphatic rings. The number of hydrogen-bond donors (Lipinski definition) is 1. The van der Waals surface area contributed by atoms with E-state index in [4.69, 9.17) is 23.2 Å². The van der Waals surface area contributed by atoms with Gasteiger partial charge in [-0.15, -0.1) is 0 Å². The lowest BCUT2D eigenvalue weighted by atomic mass is 10.0. The number of halogens is 2. The smallest absolute Gasteiger partial charge is 0.243 e. The predicted octanol–water partition coefficient (Wildman–Crippen LogP) is 6.26. The quantitative estimate of drug-likeness (QED) is 0.227. The van der Waals surface area contributed by atoms with Gasteiger partial charge in [0.2, 0.25) is 21.8 Å². The van der Waals surface area contributed by atoms with Gasteiger partial charge in [0.05, 0.1) is 11.9 Å². The van der Waals surface area contributed by atoms with Crippen LogP contribution in [0, 0.1) is 12.8 Å². The highest BCUT2D eigenvalue weighted by molar-refractivity contribution is 7.92. The minimum absolute atomic E-state index is 0.0266. The minimum Gasteiger partial charge on any atom is -0.354 e. The number of rotatable bonds is 14. The summed E-state index contributed by atoms with van der Waals surface area (Å²) in [6.45, 7) is 6.46. The number of amides is 2. The van der Waals surface area contributed by atoms with Crippen LogP contribution in [0.4, 0.5) is 5.69 Å². The number of nitrogens with one attached hydrogen (secondary N) is 1. The summed E-state index contributed by atoms with van der Waals surface area (Å²) in [6.07, 6.45) is 1.72. The number of benzene rings is 3. The Balaban J connectivity index is 1.91. The van der Waals surface area contributed by atoms with Crippen molar-refractivity contribution in [1.82, 2.24) is 10.2 Å². The van der Waals surface area contributed by atoms with Gasteiger partial charge in [-0.1, -0.05) is 91.6 Å². The van der Waals surface area contributed by atoms with Crippen molar-refractivity contribution in [3.05, 3.63) is 99.5 Å². The van der Waals surface area contributed by atoms with Crippen LogP contribution in [0.3, 0.4) is 0 Å². The number of carbonyl (C=O) groups excluding carboxylic acids is 2. The number of hydrogen-bond acceptors (Lipinski definition) is 4. The molecular formula is C32H39Cl2N3O4S. The van der Waals surface area contributed by atoms with Crippen molar-refractivity contribution in [2.24, 2.45) is 5.92 Å². The molecule has 0 spiro atoms. The molecule has 3 rings (SSSR count). The Hall–Kier alpha value is -3.07. The fraction of sp³-hybridized carbons (Fsp3) is 0.375. The van der Waals surface area contributed by atoms with Gasteiger partial charge in [0.1, 0.15) is 6.04 Å². The van der Waals surface area contributed by atoms with Crippen LogP contribution in [0.25, 0.3) is 0 Å². The average molecular weight is 633 g/mol. The Morgan fingerprint density at radius 1 is 0.905 bits per heavy atom. The van der Waals surface area contributed by atoms with Gasteiger partial charge in [-0.05, 0) is 54.2 Å². The first-order chi connectivity index (χ1) is 19.9. The number of anilines is 1. The molecule has 3 aromatic carbocycles. The fourth-order valence-corrected chi connectivity index (χ4v) is 6.02. The maximum atomic E-state index is 13.9. The number of sulfonamides is 1. The third-order valence-electron chi connectivity index (χ3n) is 6.91. The van der Waals surface area contributed by atoms with Crippen LogP contribution in [-0.2, 0) is 32.6 Å². The molecule has 0 aliphatic heterocycles. The van der Waals surface area contributed by atoms with E-state index in [1.54, 1.807) is 36.1 Å². The van der Waals surface area contributed by atoms with Gasteiger partial charge in [0.15, 0.2) is 0 Å². The summed E-state index contributed by atoms with van der Waals surface area (Å²) >= 11 is 12.8. The van der Waals surface area contributed by atoms with Crippen LogP contribution in [0.2, 0.25) is 10.0 Å². The maximum absolute atomic E-state index is 13.9. The number of nitrogens with zero attached hydrogens (tertiary/aromatic N) is 2. The molecule has 0 bridgehead atoms. The van der Waals surface area contributed by atoms with E-state index in [1.165, 1.54) is 4.31 Å². The summed E-state index contributed by atoms with van der Waals surface area (Å²) in [5, 5.41) is 3.95. The van der Waals surface area contributed by atoms with Crippen LogP contribution in [0.5, 0.6) is 0 Å². The molecule has 0 aliphatic carbocycles. The van der Waals surface area contributed by atoms with E-state index in [-0.39, 0.29) is 43.7 Å². The molecule has 3 aromatic rings. The summed E-state index contributed by atoms with van der Waals surface area (Å²) < 4.78 is 26.7. The van der Waals surface area contributed by atoms with Crippen molar-refractivity contribution in [2.45, 2.75) is 52.6 Å². The lowest BCUT2D eigenvalue weighted by molar-refractivity contribution is -0.141. The second-order valence-electron chi connectivity index (χ2n) is 10.8. The zero-order valence-electron chi connectivity index (χ0n) is 24.5. The van der Waals surface area contributed by atoms with E-state index >= 15 is 0 Å². The molecule has 7 nitrogen and oxygen atoms in total. The van der Waals surface area contributed by atoms with Crippen molar-refractivity contribution in [3.63, 3.8) is 0 Å². The summed E-state index contributed by atoms with van der Waals surface area (Å²) in [5.41, 5.74) is 2.75. The Kier molecular flexibility index (Phi) is 12.3. The molecule has 42 heavy (non-hydrogen) atoms. The van der Waals surface area contributed by atoms with E-state index in [9.17, 15) is 18.0 Å². The Morgan fingerprint density at radius 3 is 2.19 bits per heavy atom. The van der Waals surface area contributed by atoms with Crippen molar-refractivity contribution in [1.29, 1.82) is 0 Å². The molecule has 2 amide bonds. The molecule has 10 heteroatoms. The third-order valence-corrected chi connectivity index (χ3v) is 8.87. The van der Waals surface area contributed by atoms with Crippen molar-refractivity contribution >= 4 is 50.7 Å². The normalized spacial score (nSPS) is 12.2. The molecule has 1 N–H and O–H groups in total. The van der Waals surface area contributed by atoms with Crippen molar-refractivity contribution in [3.8, 4) is 0 Å². The second kappa shape index (κ2) is 15.4. The lowest BCUT2D eigenvalue weighted by Gasteiger charge is -2.32. The van der Waals surface area contributed by atoms with Crippen LogP contribution >= 0.6 is 23.2 Å². The van der Waals surface area contributed by atoms with Crippen molar-refractivity contribution < 1.29 is 18.0 Å². The highest BCUT2D eigenvalue weighted by Crippen LogP contribution is 2.29. The Labute approximate surface area is 259 Å². The van der Waals surface area contributed by atoms with Crippen LogP contribution in [0.15, 0.2) is 72.8 Å². The first-order valence-electron chi connectivity index (χ1n) is 14.0. The first-order valence-corrected chi connectivity index (χ1v) is 16.6. The van der Waals surface area contributed by atoms with Crippen LogP contribution in [-0.4, -0.2) is 50.5 Å². The average Bonchev–Trinajstić information content (AvgIpc) is 2.94. The summed E-state index contributed by atoms with van der Waals surface area (Å²) in [4.78, 5) is 29.1. The van der Waals surface area contributed by atoms with Gasteiger partial charge in [0, 0.05) is 42.5 Å². The zero-order valence-corrected chi connectivity index (χ0v) is 26.8. The van der Waals surface area contributed by atoms with E-state index in [2.05, 4.69) is 5.32 Å². The summed E-state index contributed by atoms with van der Waals surface area (Å²) in [5.74, 6) is -0.289. The molecule has 0 aromatic heterocycles. The molecule has 0 unspecified atom stereocenters. The van der Waals surface area contributed by atoms with Gasteiger partial charge in [0.25, 0.3) is 0 Å². The van der Waals surface area contributed by atoms with E-state index in [1.807, 2.05) is 62.4 Å². The van der Waals surface area contributed by atoms with Crippen molar-refractivity contribution in [2.75, 3.05) is 23.7 Å². The highest BCUT2D eigenvalue weighted by Gasteiger charge is 2.31. The van der Waals surface area contributed by atoms with Gasteiger partial charge >= 0.3 is 0 Å². The van der Waals surface area contributed by atoms with Gasteiger partial charge < -0.3 is 10.2 Å². The van der Waals surface area contributed by atoms with Crippen LogP contribution < -0.4 is 9.62 Å². The molecule has 1 atom stereocenters. The molecule has 0 saturated carbocycles. The zero-order chi connectivity index (χ0) is 30.9. The summed E-state index contributed by atoms with van der Waals surface area (Å²) in [7, 11) is -3.65. The Bertz CT molecular complexity index is 1470. The minimum atomic E-state index is -3.65. The van der Waals surface area contributed by atoms with Crippen LogP contribution in [0.1, 0.15) is 43.4 Å². The number of carbonyl (C=O) groups is 2. The molecule has 0 radical (unpaired) electrons. The van der Waals surface area contributed by atoms with E-state index in [0.29, 0.717) is 34.3 Å². The first kappa shape index (κ1) is 33.4. The SMILES string of the molecule is Cc1c(Cl)cccc1N(CCCC(=O)N(Cc1ccccc1Cl)[C@H](Cc1ccccc1)C(=O)NCC(C)C)S(C)(=O)=O.